The average molecular weight is 316 g/mol. The van der Waals surface area contributed by atoms with Crippen LogP contribution in [0.1, 0.15) is 24.3 Å². The van der Waals surface area contributed by atoms with Crippen molar-refractivity contribution in [3.8, 4) is 0 Å². The van der Waals surface area contributed by atoms with Crippen molar-refractivity contribution in [3.05, 3.63) is 82.5 Å². The second-order valence-electron chi connectivity index (χ2n) is 5.75. The van der Waals surface area contributed by atoms with E-state index in [-0.39, 0.29) is 5.63 Å². The molecule has 24 heavy (non-hydrogen) atoms. The number of allylic oxidation sites excluding steroid dienone is 1. The van der Waals surface area contributed by atoms with Crippen LogP contribution in [0.3, 0.4) is 0 Å². The topological polar surface area (TPSA) is 55.5 Å². The molecule has 0 spiro atoms. The summed E-state index contributed by atoms with van der Waals surface area (Å²) in [6, 6.07) is 17.4. The number of aryl methyl sites for hydroxylation is 1. The predicted molar refractivity (Wildman–Crippen MR) is 95.1 cm³/mol. The number of fused-ring (bicyclic) bond motifs is 1. The minimum Gasteiger partial charge on any atom is -0.408 e. The fraction of sp³-hybridized carbons (Fsp3) is 0.150. The molecular weight excluding hydrogens is 300 g/mol. The van der Waals surface area contributed by atoms with Crippen LogP contribution >= 0.6 is 0 Å². The van der Waals surface area contributed by atoms with Crippen LogP contribution in [0, 0.1) is 0 Å². The Morgan fingerprint density at radius 2 is 1.75 bits per heavy atom. The number of nitrogens with zero attached hydrogens (tertiary/aromatic N) is 2. The van der Waals surface area contributed by atoms with Crippen LogP contribution in [0.5, 0.6) is 0 Å². The Hall–Kier alpha value is -3.01. The number of para-hydroxylation sites is 1. The van der Waals surface area contributed by atoms with Crippen LogP contribution in [-0.4, -0.2) is 10.7 Å². The second kappa shape index (κ2) is 6.24. The molecular formula is C20H16N2O2. The van der Waals surface area contributed by atoms with Gasteiger partial charge in [-0.1, -0.05) is 48.5 Å². The zero-order valence-electron chi connectivity index (χ0n) is 13.1. The maximum Gasteiger partial charge on any atom is 0.346 e. The molecule has 4 rings (SSSR count). The van der Waals surface area contributed by atoms with Crippen LogP contribution in [0.25, 0.3) is 16.6 Å². The molecule has 0 atom stereocenters. The van der Waals surface area contributed by atoms with Crippen molar-refractivity contribution in [2.75, 3.05) is 0 Å². The monoisotopic (exact) mass is 316 g/mol. The van der Waals surface area contributed by atoms with Crippen LogP contribution in [0.4, 0.5) is 0 Å². The molecule has 1 aliphatic rings. The highest BCUT2D eigenvalue weighted by molar-refractivity contribution is 5.95. The van der Waals surface area contributed by atoms with E-state index in [1.54, 1.807) is 6.07 Å². The summed E-state index contributed by atoms with van der Waals surface area (Å²) in [4.78, 5) is 21.1. The first-order valence-corrected chi connectivity index (χ1v) is 8.00. The molecule has 2 aromatic carbocycles. The third kappa shape index (κ3) is 2.91. The van der Waals surface area contributed by atoms with E-state index in [0.717, 1.165) is 29.8 Å². The van der Waals surface area contributed by atoms with Gasteiger partial charge in [-0.3, -0.25) is 4.99 Å². The second-order valence-corrected chi connectivity index (χ2v) is 5.75. The lowest BCUT2D eigenvalue weighted by molar-refractivity contribution is 0.446. The number of benzene rings is 2. The molecule has 0 unspecified atom stereocenters. The Morgan fingerprint density at radius 1 is 0.958 bits per heavy atom. The van der Waals surface area contributed by atoms with Crippen LogP contribution in [0.2, 0.25) is 0 Å². The highest BCUT2D eigenvalue weighted by Gasteiger charge is 2.12. The number of hydrogen-bond donors (Lipinski definition) is 0. The molecule has 3 aromatic rings. The Labute approximate surface area is 139 Å². The van der Waals surface area contributed by atoms with Crippen molar-refractivity contribution in [3.63, 3.8) is 0 Å². The van der Waals surface area contributed by atoms with E-state index in [9.17, 15) is 4.79 Å². The Balaban J connectivity index is 1.49. The molecule has 0 saturated heterocycles. The first-order valence-electron chi connectivity index (χ1n) is 8.00. The Kier molecular flexibility index (Phi) is 3.79. The molecule has 118 valence electrons. The fourth-order valence-corrected chi connectivity index (χ4v) is 2.85. The zero-order valence-corrected chi connectivity index (χ0v) is 13.1. The van der Waals surface area contributed by atoms with E-state index in [4.69, 9.17) is 4.42 Å². The van der Waals surface area contributed by atoms with Crippen LogP contribution < -0.4 is 5.63 Å². The van der Waals surface area contributed by atoms with Crippen molar-refractivity contribution < 1.29 is 4.42 Å². The maximum atomic E-state index is 12.0. The average Bonchev–Trinajstić information content (AvgIpc) is 3.10. The van der Waals surface area contributed by atoms with Gasteiger partial charge in [0.15, 0.2) is 5.89 Å². The largest absolute Gasteiger partial charge is 0.408 e. The third-order valence-corrected chi connectivity index (χ3v) is 4.09. The van der Waals surface area contributed by atoms with Crippen molar-refractivity contribution in [1.82, 2.24) is 4.98 Å². The maximum absolute atomic E-state index is 12.0. The van der Waals surface area contributed by atoms with Crippen molar-refractivity contribution in [2.24, 2.45) is 4.99 Å². The fourth-order valence-electron chi connectivity index (χ4n) is 2.85. The summed E-state index contributed by atoms with van der Waals surface area (Å²) < 4.78 is 5.32. The normalized spacial score (nSPS) is 13.8. The van der Waals surface area contributed by atoms with Gasteiger partial charge in [0.1, 0.15) is 0 Å². The smallest absolute Gasteiger partial charge is 0.346 e. The van der Waals surface area contributed by atoms with E-state index in [1.807, 2.05) is 36.4 Å². The summed E-state index contributed by atoms with van der Waals surface area (Å²) in [7, 11) is 0. The molecule has 0 N–H and O–H groups in total. The van der Waals surface area contributed by atoms with Crippen molar-refractivity contribution in [1.29, 1.82) is 0 Å². The van der Waals surface area contributed by atoms with Gasteiger partial charge in [0.05, 0.1) is 16.6 Å². The number of rotatable bonds is 4. The lowest BCUT2D eigenvalue weighted by Gasteiger charge is -2.02. The molecule has 0 bridgehead atoms. The van der Waals surface area contributed by atoms with Gasteiger partial charge in [-0.25, -0.2) is 9.78 Å². The highest BCUT2D eigenvalue weighted by Crippen LogP contribution is 2.23. The molecule has 1 aromatic heterocycles. The Bertz CT molecular complexity index is 1000. The van der Waals surface area contributed by atoms with Crippen LogP contribution in [0.15, 0.2) is 74.9 Å². The van der Waals surface area contributed by atoms with E-state index >= 15 is 0 Å². The Morgan fingerprint density at radius 3 is 2.62 bits per heavy atom. The highest BCUT2D eigenvalue weighted by atomic mass is 16.4. The molecule has 0 aliphatic carbocycles. The number of hydrogen-bond acceptors (Lipinski definition) is 4. The van der Waals surface area contributed by atoms with Crippen LogP contribution in [-0.2, 0) is 6.42 Å². The minimum atomic E-state index is -0.327. The molecule has 2 heterocycles. The van der Waals surface area contributed by atoms with E-state index in [2.05, 4.69) is 28.2 Å². The van der Waals surface area contributed by atoms with Gasteiger partial charge in [0, 0.05) is 18.6 Å². The standard InChI is InChI=1S/C20H16N2O2/c23-20-16-8-4-5-9-18(16)22-19(24-20)13-11-15-10-12-17(21-15)14-6-2-1-3-7-14/h1-9,12H,10-11,13H2. The SMILES string of the molecule is O=c1oc(CCC2=NC(c3ccccc3)=CC2)nc2ccccc12. The summed E-state index contributed by atoms with van der Waals surface area (Å²) in [5, 5.41) is 0.521. The summed E-state index contributed by atoms with van der Waals surface area (Å²) in [6.07, 6.45) is 4.28. The lowest BCUT2D eigenvalue weighted by atomic mass is 10.1. The molecule has 0 fully saturated rings. The molecule has 0 saturated carbocycles. The summed E-state index contributed by atoms with van der Waals surface area (Å²) >= 11 is 0. The minimum absolute atomic E-state index is 0.327. The van der Waals surface area contributed by atoms with Gasteiger partial charge in [-0.2, -0.15) is 0 Å². The van der Waals surface area contributed by atoms with Crippen molar-refractivity contribution in [2.45, 2.75) is 19.3 Å². The van der Waals surface area contributed by atoms with Gasteiger partial charge < -0.3 is 4.42 Å². The molecule has 0 amide bonds. The quantitative estimate of drug-likeness (QED) is 0.731. The third-order valence-electron chi connectivity index (χ3n) is 4.09. The van der Waals surface area contributed by atoms with Crippen molar-refractivity contribution >= 4 is 22.3 Å². The van der Waals surface area contributed by atoms with Gasteiger partial charge >= 0.3 is 5.63 Å². The summed E-state index contributed by atoms with van der Waals surface area (Å²) in [5.74, 6) is 0.467. The van der Waals surface area contributed by atoms with E-state index < -0.39 is 0 Å². The first-order chi connectivity index (χ1) is 11.8. The van der Waals surface area contributed by atoms with Gasteiger partial charge in [0.25, 0.3) is 0 Å². The van der Waals surface area contributed by atoms with E-state index in [0.29, 0.717) is 23.2 Å². The van der Waals surface area contributed by atoms with E-state index in [1.165, 1.54) is 0 Å². The molecule has 0 radical (unpaired) electrons. The van der Waals surface area contributed by atoms with Gasteiger partial charge in [-0.05, 0) is 24.1 Å². The summed E-state index contributed by atoms with van der Waals surface area (Å²) in [6.45, 7) is 0. The predicted octanol–water partition coefficient (Wildman–Crippen LogP) is 4.01. The lowest BCUT2D eigenvalue weighted by Crippen LogP contribution is -2.06. The molecule has 1 aliphatic heterocycles. The van der Waals surface area contributed by atoms with Gasteiger partial charge in [-0.15, -0.1) is 0 Å². The molecule has 4 nitrogen and oxygen atoms in total. The zero-order chi connectivity index (χ0) is 16.4. The number of aliphatic imine (C=N–C) groups is 1. The number of aromatic nitrogens is 1. The summed E-state index contributed by atoms with van der Waals surface area (Å²) in [5.41, 5.74) is 3.58. The van der Waals surface area contributed by atoms with Gasteiger partial charge in [0.2, 0.25) is 0 Å². The molecule has 4 heteroatoms. The first kappa shape index (κ1) is 14.6.